The molecule has 0 aliphatic rings. The van der Waals surface area contributed by atoms with Crippen LogP contribution < -0.4 is 16.0 Å². The Balaban J connectivity index is 3.15. The quantitative estimate of drug-likeness (QED) is 0.291. The predicted octanol–water partition coefficient (Wildman–Crippen LogP) is 2.97. The van der Waals surface area contributed by atoms with Crippen molar-refractivity contribution in [2.75, 3.05) is 0 Å². The van der Waals surface area contributed by atoms with E-state index in [9.17, 15) is 29.4 Å². The number of ether oxygens (including phenoxy) is 1. The van der Waals surface area contributed by atoms with Crippen LogP contribution in [0.2, 0.25) is 0 Å². The Morgan fingerprint density at radius 2 is 1.28 bits per heavy atom. The van der Waals surface area contributed by atoms with E-state index >= 15 is 0 Å². The molecule has 0 radical (unpaired) electrons. The number of carbonyl (C=O) groups is 4. The fourth-order valence-electron chi connectivity index (χ4n) is 3.47. The molecule has 36 heavy (non-hydrogen) atoms. The Kier molecular flexibility index (Phi) is 11.7. The minimum atomic E-state index is -1.17. The number of alkyl carbamates (subject to hydrolysis) is 1. The van der Waals surface area contributed by atoms with Gasteiger partial charge in [0.05, 0.1) is 0 Å². The summed E-state index contributed by atoms with van der Waals surface area (Å²) in [6, 6.07) is 2.91. The van der Waals surface area contributed by atoms with Crippen LogP contribution in [0.3, 0.4) is 0 Å². The molecule has 3 unspecified atom stereocenters. The molecular formula is C26H41N3O7. The Morgan fingerprint density at radius 3 is 1.75 bits per heavy atom. The number of phenols is 1. The maximum Gasteiger partial charge on any atom is 0.408 e. The van der Waals surface area contributed by atoms with Crippen molar-refractivity contribution in [1.82, 2.24) is 16.0 Å². The second-order valence-electron chi connectivity index (χ2n) is 10.8. The smallest absolute Gasteiger partial charge is 0.408 e. The number of nitrogens with one attached hydrogen (secondary N) is 3. The predicted molar refractivity (Wildman–Crippen MR) is 135 cm³/mol. The van der Waals surface area contributed by atoms with Gasteiger partial charge in [0.15, 0.2) is 0 Å². The standard InChI is InChI=1S/C26H41N3O7/c1-15(2)12-19(29-25(35)36-26(5,6)7)22(31)27-20(14-17-8-10-18(30)11-9-17)23(32)28-21(24(33)34)13-16(3)4/h8-11,15-16,19-21,30H,12-14H2,1-7H3,(H,27,31)(H,28,32)(H,29,35)(H,33,34). The summed E-state index contributed by atoms with van der Waals surface area (Å²) in [5.41, 5.74) is -0.114. The van der Waals surface area contributed by atoms with Crippen molar-refractivity contribution in [3.63, 3.8) is 0 Å². The molecule has 3 atom stereocenters. The average Bonchev–Trinajstić information content (AvgIpc) is 2.71. The van der Waals surface area contributed by atoms with Crippen LogP contribution in [0.25, 0.3) is 0 Å². The molecule has 202 valence electrons. The van der Waals surface area contributed by atoms with Crippen LogP contribution in [-0.2, 0) is 25.5 Å². The van der Waals surface area contributed by atoms with Crippen LogP contribution in [0.4, 0.5) is 4.79 Å². The van der Waals surface area contributed by atoms with Gasteiger partial charge in [0.1, 0.15) is 29.5 Å². The molecule has 0 bridgehead atoms. The summed E-state index contributed by atoms with van der Waals surface area (Å²) >= 11 is 0. The monoisotopic (exact) mass is 507 g/mol. The molecule has 0 spiro atoms. The highest BCUT2D eigenvalue weighted by Crippen LogP contribution is 2.14. The number of hydrogen-bond acceptors (Lipinski definition) is 6. The van der Waals surface area contributed by atoms with Crippen molar-refractivity contribution in [3.05, 3.63) is 29.8 Å². The van der Waals surface area contributed by atoms with Gasteiger partial charge in [-0.2, -0.15) is 0 Å². The summed E-state index contributed by atoms with van der Waals surface area (Å²) in [5.74, 6) is -2.32. The van der Waals surface area contributed by atoms with Crippen molar-refractivity contribution in [1.29, 1.82) is 0 Å². The number of carboxylic acids is 1. The van der Waals surface area contributed by atoms with E-state index in [0.717, 1.165) is 0 Å². The van der Waals surface area contributed by atoms with Gasteiger partial charge in [-0.1, -0.05) is 39.8 Å². The molecule has 0 aliphatic carbocycles. The lowest BCUT2D eigenvalue weighted by Gasteiger charge is -2.27. The molecule has 1 rings (SSSR count). The topological polar surface area (TPSA) is 154 Å². The zero-order chi connectivity index (χ0) is 27.6. The first kappa shape index (κ1) is 30.7. The summed E-state index contributed by atoms with van der Waals surface area (Å²) in [5, 5.41) is 26.9. The number of hydrogen-bond donors (Lipinski definition) is 5. The van der Waals surface area contributed by atoms with Crippen molar-refractivity contribution in [2.45, 2.75) is 91.5 Å². The molecule has 1 aromatic carbocycles. The summed E-state index contributed by atoms with van der Waals surface area (Å²) in [6.45, 7) is 12.6. The molecule has 5 N–H and O–H groups in total. The average molecular weight is 508 g/mol. The first-order valence-corrected chi connectivity index (χ1v) is 12.2. The first-order chi connectivity index (χ1) is 16.6. The molecule has 0 fully saturated rings. The van der Waals surface area contributed by atoms with E-state index < -0.39 is 47.6 Å². The van der Waals surface area contributed by atoms with Gasteiger partial charge in [0, 0.05) is 6.42 Å². The SMILES string of the molecule is CC(C)CC(NC(=O)C(Cc1ccc(O)cc1)NC(=O)C(CC(C)C)NC(=O)OC(C)(C)C)C(=O)O. The van der Waals surface area contributed by atoms with E-state index in [1.165, 1.54) is 12.1 Å². The highest BCUT2D eigenvalue weighted by atomic mass is 16.6. The third-order valence-corrected chi connectivity index (χ3v) is 5.05. The highest BCUT2D eigenvalue weighted by molar-refractivity contribution is 5.93. The zero-order valence-corrected chi connectivity index (χ0v) is 22.3. The van der Waals surface area contributed by atoms with Crippen molar-refractivity contribution < 1.29 is 34.1 Å². The Hall–Kier alpha value is -3.30. The molecule has 0 heterocycles. The molecule has 10 heteroatoms. The minimum Gasteiger partial charge on any atom is -0.508 e. The number of aliphatic carboxylic acids is 1. The maximum atomic E-state index is 13.2. The van der Waals surface area contributed by atoms with E-state index in [0.29, 0.717) is 12.0 Å². The largest absolute Gasteiger partial charge is 0.508 e. The van der Waals surface area contributed by atoms with Gasteiger partial charge in [-0.05, 0) is 63.1 Å². The van der Waals surface area contributed by atoms with Crippen LogP contribution in [0, 0.1) is 11.8 Å². The maximum absolute atomic E-state index is 13.2. The number of phenolic OH excluding ortho intramolecular Hbond substituents is 1. The summed E-state index contributed by atoms with van der Waals surface area (Å²) < 4.78 is 5.28. The van der Waals surface area contributed by atoms with E-state index in [-0.39, 0.29) is 30.4 Å². The van der Waals surface area contributed by atoms with E-state index in [1.807, 2.05) is 27.7 Å². The van der Waals surface area contributed by atoms with E-state index in [1.54, 1.807) is 32.9 Å². The molecule has 0 saturated heterocycles. The molecule has 0 aliphatic heterocycles. The second kappa shape index (κ2) is 13.7. The van der Waals surface area contributed by atoms with Gasteiger partial charge in [-0.25, -0.2) is 9.59 Å². The lowest BCUT2D eigenvalue weighted by atomic mass is 10.00. The third kappa shape index (κ3) is 11.9. The normalized spacial score (nSPS) is 14.0. The van der Waals surface area contributed by atoms with Crippen LogP contribution in [0.15, 0.2) is 24.3 Å². The Bertz CT molecular complexity index is 892. The van der Waals surface area contributed by atoms with E-state index in [4.69, 9.17) is 4.74 Å². The molecule has 0 aromatic heterocycles. The Morgan fingerprint density at radius 1 is 0.806 bits per heavy atom. The summed E-state index contributed by atoms with van der Waals surface area (Å²) in [7, 11) is 0. The second-order valence-corrected chi connectivity index (χ2v) is 10.8. The lowest BCUT2D eigenvalue weighted by molar-refractivity contribution is -0.142. The van der Waals surface area contributed by atoms with Gasteiger partial charge < -0.3 is 30.9 Å². The van der Waals surface area contributed by atoms with Gasteiger partial charge in [-0.3, -0.25) is 9.59 Å². The van der Waals surface area contributed by atoms with Crippen LogP contribution in [0.5, 0.6) is 5.75 Å². The van der Waals surface area contributed by atoms with Crippen LogP contribution in [0.1, 0.15) is 66.9 Å². The summed E-state index contributed by atoms with van der Waals surface area (Å²) in [6.07, 6.45) is -0.196. The number of aromatic hydroxyl groups is 1. The van der Waals surface area contributed by atoms with Crippen LogP contribution >= 0.6 is 0 Å². The summed E-state index contributed by atoms with van der Waals surface area (Å²) in [4.78, 5) is 50.4. The fraction of sp³-hybridized carbons (Fsp3) is 0.615. The van der Waals surface area contributed by atoms with Gasteiger partial charge >= 0.3 is 12.1 Å². The van der Waals surface area contributed by atoms with Crippen molar-refractivity contribution in [3.8, 4) is 5.75 Å². The third-order valence-electron chi connectivity index (χ3n) is 5.05. The molecule has 1 aromatic rings. The molecular weight excluding hydrogens is 466 g/mol. The highest BCUT2D eigenvalue weighted by Gasteiger charge is 2.31. The van der Waals surface area contributed by atoms with Gasteiger partial charge in [0.25, 0.3) is 0 Å². The number of rotatable bonds is 12. The number of carboxylic acid groups (broad SMARTS) is 1. The number of amides is 3. The van der Waals surface area contributed by atoms with Crippen molar-refractivity contribution >= 4 is 23.9 Å². The fourth-order valence-corrected chi connectivity index (χ4v) is 3.47. The van der Waals surface area contributed by atoms with Crippen LogP contribution in [-0.4, -0.2) is 57.8 Å². The molecule has 3 amide bonds. The lowest BCUT2D eigenvalue weighted by Crippen LogP contribution is -2.57. The first-order valence-electron chi connectivity index (χ1n) is 12.2. The Labute approximate surface area is 213 Å². The molecule has 10 nitrogen and oxygen atoms in total. The van der Waals surface area contributed by atoms with Crippen molar-refractivity contribution in [2.24, 2.45) is 11.8 Å². The van der Waals surface area contributed by atoms with Gasteiger partial charge in [0.2, 0.25) is 11.8 Å². The van der Waals surface area contributed by atoms with Gasteiger partial charge in [-0.15, -0.1) is 0 Å². The number of carbonyl (C=O) groups excluding carboxylic acids is 3. The minimum absolute atomic E-state index is 0.0185. The molecule has 0 saturated carbocycles. The number of benzene rings is 1. The zero-order valence-electron chi connectivity index (χ0n) is 22.3. The van der Waals surface area contributed by atoms with E-state index in [2.05, 4.69) is 16.0 Å².